The Labute approximate surface area is 278 Å². The Morgan fingerprint density at radius 1 is 0.896 bits per heavy atom. The molecule has 0 radical (unpaired) electrons. The molecular formula is C31H45N11O6. The Balaban J connectivity index is 1.14. The molecule has 3 aromatic rings. The lowest BCUT2D eigenvalue weighted by atomic mass is 10.0. The van der Waals surface area contributed by atoms with Crippen molar-refractivity contribution in [3.63, 3.8) is 0 Å². The minimum Gasteiger partial charge on any atom is -0.404 e. The van der Waals surface area contributed by atoms with Crippen LogP contribution in [0.4, 0.5) is 11.6 Å². The van der Waals surface area contributed by atoms with E-state index in [1.54, 1.807) is 12.4 Å². The maximum absolute atomic E-state index is 12.1. The van der Waals surface area contributed by atoms with Crippen LogP contribution in [-0.4, -0.2) is 116 Å². The van der Waals surface area contributed by atoms with E-state index >= 15 is 0 Å². The van der Waals surface area contributed by atoms with Gasteiger partial charge in [0, 0.05) is 61.8 Å². The summed E-state index contributed by atoms with van der Waals surface area (Å²) in [6, 6.07) is 3.76. The molecule has 0 bridgehead atoms. The van der Waals surface area contributed by atoms with Gasteiger partial charge in [-0.25, -0.2) is 15.0 Å². The van der Waals surface area contributed by atoms with E-state index in [1.165, 1.54) is 6.33 Å². The van der Waals surface area contributed by atoms with E-state index in [-0.39, 0.29) is 29.4 Å². The number of aromatic amines is 1. The summed E-state index contributed by atoms with van der Waals surface area (Å²) in [5.74, 6) is 0.174. The second kappa shape index (κ2) is 21.8. The third-order valence-electron chi connectivity index (χ3n) is 6.75. The number of nitrogens with two attached hydrogens (primary N) is 2. The van der Waals surface area contributed by atoms with Crippen LogP contribution >= 0.6 is 0 Å². The number of nitrogens with one attached hydrogen (secondary N) is 6. The van der Waals surface area contributed by atoms with Gasteiger partial charge in [-0.1, -0.05) is 0 Å². The molecule has 0 aromatic carbocycles. The average molecular weight is 668 g/mol. The number of nitrogen functional groups attached to an aromatic ring is 1. The van der Waals surface area contributed by atoms with E-state index < -0.39 is 5.91 Å². The number of hydrogen-bond acceptors (Lipinski definition) is 14. The summed E-state index contributed by atoms with van der Waals surface area (Å²) in [6.45, 7) is 4.36. The molecule has 0 atom stereocenters. The number of carbonyl (C=O) groups is 2. The standard InChI is InChI=1S/C31H45N11O6/c32-18-24(19-33)31(44)39-8-10-46-12-14-48-16-15-47-13-11-45-9-4-25(43)36-5-1-2-6-37-30-26(28(35)41-21-42-30)27(34)23-17-22-3-7-38-29(22)40-20-23/h3,7,17-21,32,34H,1-2,4-6,8-16,33H2,(H,36,43)(H,38,40)(H,39,44)(H3,35,37,41,42). The minimum absolute atomic E-state index is 0.0855. The highest BCUT2D eigenvalue weighted by atomic mass is 16.6. The van der Waals surface area contributed by atoms with Crippen LogP contribution in [0.1, 0.15) is 30.4 Å². The van der Waals surface area contributed by atoms with Gasteiger partial charge in [-0.2, -0.15) is 0 Å². The van der Waals surface area contributed by atoms with E-state index in [2.05, 4.69) is 35.9 Å². The fourth-order valence-electron chi connectivity index (χ4n) is 4.23. The smallest absolute Gasteiger partial charge is 0.254 e. The molecule has 0 saturated carbocycles. The van der Waals surface area contributed by atoms with Crippen molar-refractivity contribution >= 4 is 46.4 Å². The number of carbonyl (C=O) groups excluding carboxylic acids is 2. The molecule has 17 heteroatoms. The van der Waals surface area contributed by atoms with Crippen molar-refractivity contribution in [2.45, 2.75) is 19.3 Å². The summed E-state index contributed by atoms with van der Waals surface area (Å²) in [6.07, 6.45) is 8.51. The van der Waals surface area contributed by atoms with Crippen molar-refractivity contribution in [1.29, 1.82) is 10.8 Å². The number of aromatic nitrogens is 4. The molecule has 0 spiro atoms. The topological polar surface area (TPSA) is 261 Å². The fourth-order valence-corrected chi connectivity index (χ4v) is 4.23. The predicted octanol–water partition coefficient (Wildman–Crippen LogP) is 0.724. The Bertz CT molecular complexity index is 1500. The molecule has 0 saturated heterocycles. The molecule has 3 aromatic heterocycles. The van der Waals surface area contributed by atoms with Crippen LogP contribution < -0.4 is 27.4 Å². The van der Waals surface area contributed by atoms with Crippen molar-refractivity contribution in [3.05, 3.63) is 53.8 Å². The zero-order valence-electron chi connectivity index (χ0n) is 26.9. The highest BCUT2D eigenvalue weighted by Crippen LogP contribution is 2.23. The second-order valence-electron chi connectivity index (χ2n) is 10.2. The lowest BCUT2D eigenvalue weighted by molar-refractivity contribution is -0.122. The normalized spacial score (nSPS) is 11.4. The van der Waals surface area contributed by atoms with Crippen LogP contribution in [0.15, 0.2) is 42.6 Å². The molecule has 0 aliphatic rings. The Morgan fingerprint density at radius 3 is 2.29 bits per heavy atom. The number of fused-ring (bicyclic) bond motifs is 1. The summed E-state index contributed by atoms with van der Waals surface area (Å²) in [4.78, 5) is 39.4. The molecule has 260 valence electrons. The zero-order valence-corrected chi connectivity index (χ0v) is 26.9. The average Bonchev–Trinajstić information content (AvgIpc) is 3.56. The van der Waals surface area contributed by atoms with Crippen LogP contribution in [0, 0.1) is 10.8 Å². The maximum atomic E-state index is 12.1. The van der Waals surface area contributed by atoms with Gasteiger partial charge in [0.15, 0.2) is 0 Å². The molecule has 10 N–H and O–H groups in total. The largest absolute Gasteiger partial charge is 0.404 e. The summed E-state index contributed by atoms with van der Waals surface area (Å²) in [5, 5.41) is 25.4. The highest BCUT2D eigenvalue weighted by Gasteiger charge is 2.17. The Hall–Kier alpha value is -4.97. The van der Waals surface area contributed by atoms with Gasteiger partial charge >= 0.3 is 0 Å². The number of pyridine rings is 1. The van der Waals surface area contributed by atoms with E-state index in [4.69, 9.17) is 41.2 Å². The van der Waals surface area contributed by atoms with Crippen molar-refractivity contribution in [2.24, 2.45) is 5.73 Å². The first-order valence-corrected chi connectivity index (χ1v) is 15.6. The van der Waals surface area contributed by atoms with Gasteiger partial charge in [-0.15, -0.1) is 0 Å². The second-order valence-corrected chi connectivity index (χ2v) is 10.2. The van der Waals surface area contributed by atoms with Crippen molar-refractivity contribution in [3.8, 4) is 0 Å². The van der Waals surface area contributed by atoms with Crippen LogP contribution in [-0.2, 0) is 28.5 Å². The van der Waals surface area contributed by atoms with Gasteiger partial charge in [0.05, 0.1) is 69.7 Å². The molecule has 48 heavy (non-hydrogen) atoms. The van der Waals surface area contributed by atoms with Gasteiger partial charge in [0.25, 0.3) is 5.91 Å². The van der Waals surface area contributed by atoms with E-state index in [0.717, 1.165) is 36.3 Å². The van der Waals surface area contributed by atoms with E-state index in [9.17, 15) is 9.59 Å². The number of rotatable bonds is 25. The first kappa shape index (κ1) is 37.5. The zero-order chi connectivity index (χ0) is 34.4. The minimum atomic E-state index is -0.421. The maximum Gasteiger partial charge on any atom is 0.254 e. The lowest BCUT2D eigenvalue weighted by Gasteiger charge is -2.13. The number of nitrogens with zero attached hydrogens (tertiary/aromatic N) is 3. The first-order chi connectivity index (χ1) is 23.4. The molecule has 0 aliphatic carbocycles. The van der Waals surface area contributed by atoms with Crippen LogP contribution in [0.5, 0.6) is 0 Å². The number of ether oxygens (including phenoxy) is 4. The van der Waals surface area contributed by atoms with Crippen LogP contribution in [0.2, 0.25) is 0 Å². The monoisotopic (exact) mass is 667 g/mol. The van der Waals surface area contributed by atoms with E-state index in [1.807, 2.05) is 12.1 Å². The summed E-state index contributed by atoms with van der Waals surface area (Å²) in [7, 11) is 0. The quantitative estimate of drug-likeness (QED) is 0.0353. The molecule has 0 aliphatic heterocycles. The SMILES string of the molecule is N=CC(=CN)C(=O)NCCOCCOCCOCCOCCC(=O)NCCCCNc1ncnc(N)c1C(=N)c1cnc2[nH]ccc2c1. The Morgan fingerprint density at radius 2 is 1.58 bits per heavy atom. The third kappa shape index (κ3) is 13.0. The predicted molar refractivity (Wildman–Crippen MR) is 181 cm³/mol. The number of unbranched alkanes of at least 4 members (excludes halogenated alkanes) is 1. The van der Waals surface area contributed by atoms with Gasteiger partial charge < -0.3 is 56.8 Å². The van der Waals surface area contributed by atoms with Crippen molar-refractivity contribution in [2.75, 3.05) is 83.5 Å². The molecule has 3 heterocycles. The number of H-pyrrole nitrogens is 1. The van der Waals surface area contributed by atoms with Gasteiger partial charge in [0.2, 0.25) is 5.91 Å². The van der Waals surface area contributed by atoms with E-state index in [0.29, 0.717) is 89.4 Å². The molecular weight excluding hydrogens is 622 g/mol. The number of anilines is 2. The van der Waals surface area contributed by atoms with Gasteiger partial charge in [-0.3, -0.25) is 15.0 Å². The molecule has 17 nitrogen and oxygen atoms in total. The summed E-state index contributed by atoms with van der Waals surface area (Å²) in [5.41, 5.74) is 13.4. The van der Waals surface area contributed by atoms with Crippen molar-refractivity contribution < 1.29 is 28.5 Å². The van der Waals surface area contributed by atoms with Gasteiger partial charge in [0.1, 0.15) is 23.6 Å². The number of hydrogen-bond donors (Lipinski definition) is 8. The molecule has 0 fully saturated rings. The summed E-state index contributed by atoms with van der Waals surface area (Å²) < 4.78 is 21.7. The lowest BCUT2D eigenvalue weighted by Crippen LogP contribution is -2.29. The molecule has 3 rings (SSSR count). The highest BCUT2D eigenvalue weighted by molar-refractivity contribution is 6.16. The first-order valence-electron chi connectivity index (χ1n) is 15.6. The van der Waals surface area contributed by atoms with Crippen LogP contribution in [0.25, 0.3) is 11.0 Å². The molecule has 0 unspecified atom stereocenters. The van der Waals surface area contributed by atoms with Crippen LogP contribution in [0.3, 0.4) is 0 Å². The third-order valence-corrected chi connectivity index (χ3v) is 6.75. The van der Waals surface area contributed by atoms with Gasteiger partial charge in [-0.05, 0) is 25.0 Å². The number of amides is 2. The fraction of sp³-hybridized carbons (Fsp3) is 0.452. The summed E-state index contributed by atoms with van der Waals surface area (Å²) >= 11 is 0. The Kier molecular flexibility index (Phi) is 17.0. The van der Waals surface area contributed by atoms with Crippen molar-refractivity contribution in [1.82, 2.24) is 30.6 Å². The molecule has 2 amide bonds.